The van der Waals surface area contributed by atoms with Gasteiger partial charge in [0, 0.05) is 5.56 Å². The van der Waals surface area contributed by atoms with Crippen molar-refractivity contribution < 1.29 is 4.74 Å². The largest absolute Gasteiger partial charge is 0.493 e. The first-order chi connectivity index (χ1) is 10.3. The SMILES string of the molecule is CCOc1ccccc1-c1nc2sc(CC)nn2c1C#N. The van der Waals surface area contributed by atoms with Crippen LogP contribution < -0.4 is 4.74 Å². The fraction of sp³-hybridized carbons (Fsp3) is 0.267. The van der Waals surface area contributed by atoms with Crippen molar-refractivity contribution in [2.75, 3.05) is 6.61 Å². The number of benzene rings is 1. The van der Waals surface area contributed by atoms with E-state index in [0.29, 0.717) is 18.0 Å². The summed E-state index contributed by atoms with van der Waals surface area (Å²) in [4.78, 5) is 5.32. The van der Waals surface area contributed by atoms with Crippen LogP contribution in [0.25, 0.3) is 16.2 Å². The van der Waals surface area contributed by atoms with Gasteiger partial charge in [-0.1, -0.05) is 30.4 Å². The molecule has 5 nitrogen and oxygen atoms in total. The van der Waals surface area contributed by atoms with Gasteiger partial charge in [-0.15, -0.1) is 0 Å². The second-order valence-corrected chi connectivity index (χ2v) is 5.43. The van der Waals surface area contributed by atoms with Crippen molar-refractivity contribution in [1.82, 2.24) is 14.6 Å². The van der Waals surface area contributed by atoms with Crippen LogP contribution in [0.4, 0.5) is 0 Å². The Kier molecular flexibility index (Phi) is 3.59. The van der Waals surface area contributed by atoms with Gasteiger partial charge >= 0.3 is 0 Å². The fourth-order valence-corrected chi connectivity index (χ4v) is 3.00. The molecule has 0 aliphatic carbocycles. The molecule has 2 aromatic heterocycles. The molecule has 0 saturated heterocycles. The van der Waals surface area contributed by atoms with Crippen molar-refractivity contribution in [3.63, 3.8) is 0 Å². The van der Waals surface area contributed by atoms with Gasteiger partial charge in [-0.3, -0.25) is 0 Å². The molecule has 3 rings (SSSR count). The van der Waals surface area contributed by atoms with E-state index >= 15 is 0 Å². The zero-order chi connectivity index (χ0) is 14.8. The third kappa shape index (κ3) is 2.26. The lowest BCUT2D eigenvalue weighted by atomic mass is 10.1. The predicted octanol–water partition coefficient (Wildman–Crippen LogP) is 3.29. The summed E-state index contributed by atoms with van der Waals surface area (Å²) >= 11 is 1.51. The lowest BCUT2D eigenvalue weighted by Gasteiger charge is -2.07. The average Bonchev–Trinajstić information content (AvgIpc) is 3.04. The normalized spacial score (nSPS) is 10.7. The summed E-state index contributed by atoms with van der Waals surface area (Å²) in [6.45, 7) is 4.54. The third-order valence-electron chi connectivity index (χ3n) is 3.10. The molecule has 6 heteroatoms. The van der Waals surface area contributed by atoms with Crippen LogP contribution in [0.3, 0.4) is 0 Å². The molecule has 0 radical (unpaired) electrons. The van der Waals surface area contributed by atoms with Gasteiger partial charge < -0.3 is 4.74 Å². The Balaban J connectivity index is 2.21. The zero-order valence-corrected chi connectivity index (χ0v) is 12.6. The van der Waals surface area contributed by atoms with Gasteiger partial charge in [-0.05, 0) is 25.5 Å². The van der Waals surface area contributed by atoms with Gasteiger partial charge in [-0.25, -0.2) is 4.98 Å². The van der Waals surface area contributed by atoms with Crippen molar-refractivity contribution in [1.29, 1.82) is 5.26 Å². The van der Waals surface area contributed by atoms with Crippen molar-refractivity contribution >= 4 is 16.3 Å². The Hall–Kier alpha value is -2.39. The Morgan fingerprint density at radius 3 is 2.86 bits per heavy atom. The lowest BCUT2D eigenvalue weighted by Crippen LogP contribution is -1.96. The Labute approximate surface area is 126 Å². The van der Waals surface area contributed by atoms with E-state index < -0.39 is 0 Å². The van der Waals surface area contributed by atoms with E-state index in [2.05, 4.69) is 16.2 Å². The number of aromatic nitrogens is 3. The monoisotopic (exact) mass is 298 g/mol. The smallest absolute Gasteiger partial charge is 0.214 e. The van der Waals surface area contributed by atoms with Crippen LogP contribution in [0.15, 0.2) is 24.3 Å². The molecule has 21 heavy (non-hydrogen) atoms. The molecule has 0 aliphatic rings. The number of nitriles is 1. The van der Waals surface area contributed by atoms with E-state index in [-0.39, 0.29) is 0 Å². The van der Waals surface area contributed by atoms with Crippen molar-refractivity contribution in [2.45, 2.75) is 20.3 Å². The van der Waals surface area contributed by atoms with Gasteiger partial charge in [0.1, 0.15) is 22.5 Å². The molecule has 0 bridgehead atoms. The molecule has 0 atom stereocenters. The number of rotatable bonds is 4. The maximum Gasteiger partial charge on any atom is 0.214 e. The zero-order valence-electron chi connectivity index (χ0n) is 11.8. The molecular formula is C15H14N4OS. The number of hydrogen-bond acceptors (Lipinski definition) is 5. The molecular weight excluding hydrogens is 284 g/mol. The molecule has 3 aromatic rings. The standard InChI is InChI=1S/C15H14N4OS/c1-3-13-18-19-11(9-16)14(17-15(19)21-13)10-7-5-6-8-12(10)20-4-2/h5-8H,3-4H2,1-2H3. The summed E-state index contributed by atoms with van der Waals surface area (Å²) in [5, 5.41) is 14.9. The lowest BCUT2D eigenvalue weighted by molar-refractivity contribution is 0.341. The second-order valence-electron chi connectivity index (χ2n) is 4.39. The maximum atomic E-state index is 9.48. The first-order valence-electron chi connectivity index (χ1n) is 6.79. The number of imidazole rings is 1. The van der Waals surface area contributed by atoms with E-state index in [4.69, 9.17) is 4.74 Å². The highest BCUT2D eigenvalue weighted by Crippen LogP contribution is 2.33. The van der Waals surface area contributed by atoms with Gasteiger partial charge in [0.05, 0.1) is 6.61 Å². The van der Waals surface area contributed by atoms with Crippen LogP contribution in [0.5, 0.6) is 5.75 Å². The molecule has 0 spiro atoms. The minimum Gasteiger partial charge on any atom is -0.493 e. The molecule has 0 amide bonds. The molecule has 0 N–H and O–H groups in total. The maximum absolute atomic E-state index is 9.48. The van der Waals surface area contributed by atoms with Crippen molar-refractivity contribution in [3.8, 4) is 23.1 Å². The highest BCUT2D eigenvalue weighted by molar-refractivity contribution is 7.16. The molecule has 0 aliphatic heterocycles. The highest BCUT2D eigenvalue weighted by atomic mass is 32.1. The fourth-order valence-electron chi connectivity index (χ4n) is 2.16. The first-order valence-corrected chi connectivity index (χ1v) is 7.60. The van der Waals surface area contributed by atoms with E-state index in [1.807, 2.05) is 38.1 Å². The molecule has 0 fully saturated rings. The number of fused-ring (bicyclic) bond motifs is 1. The average molecular weight is 298 g/mol. The van der Waals surface area contributed by atoms with Crippen LogP contribution in [0, 0.1) is 11.3 Å². The van der Waals surface area contributed by atoms with Crippen molar-refractivity contribution in [3.05, 3.63) is 35.0 Å². The topological polar surface area (TPSA) is 63.2 Å². The summed E-state index contributed by atoms with van der Waals surface area (Å²) in [7, 11) is 0. The summed E-state index contributed by atoms with van der Waals surface area (Å²) in [6, 6.07) is 9.84. The number of hydrogen-bond donors (Lipinski definition) is 0. The van der Waals surface area contributed by atoms with Crippen molar-refractivity contribution in [2.24, 2.45) is 0 Å². The number of ether oxygens (including phenoxy) is 1. The quantitative estimate of drug-likeness (QED) is 0.741. The highest BCUT2D eigenvalue weighted by Gasteiger charge is 2.19. The van der Waals surface area contributed by atoms with Crippen LogP contribution in [-0.2, 0) is 6.42 Å². The van der Waals surface area contributed by atoms with Crippen LogP contribution in [0.1, 0.15) is 24.5 Å². The third-order valence-corrected chi connectivity index (χ3v) is 4.15. The van der Waals surface area contributed by atoms with Crippen LogP contribution in [0.2, 0.25) is 0 Å². The Morgan fingerprint density at radius 2 is 2.14 bits per heavy atom. The molecule has 1 aromatic carbocycles. The Morgan fingerprint density at radius 1 is 1.33 bits per heavy atom. The Bertz CT molecular complexity index is 828. The van der Waals surface area contributed by atoms with E-state index in [9.17, 15) is 5.26 Å². The second kappa shape index (κ2) is 5.54. The van der Waals surface area contributed by atoms with Gasteiger partial charge in [0.25, 0.3) is 0 Å². The summed E-state index contributed by atoms with van der Waals surface area (Å²) in [5.74, 6) is 0.734. The molecule has 106 valence electrons. The number of para-hydroxylation sites is 1. The predicted molar refractivity (Wildman–Crippen MR) is 81.6 cm³/mol. The summed E-state index contributed by atoms with van der Waals surface area (Å²) in [6.07, 6.45) is 0.837. The van der Waals surface area contributed by atoms with Gasteiger partial charge in [0.2, 0.25) is 4.96 Å². The molecule has 2 heterocycles. The van der Waals surface area contributed by atoms with Crippen LogP contribution in [-0.4, -0.2) is 21.2 Å². The van der Waals surface area contributed by atoms with E-state index in [0.717, 1.165) is 27.7 Å². The number of nitrogens with zero attached hydrogens (tertiary/aromatic N) is 4. The van der Waals surface area contributed by atoms with E-state index in [1.165, 1.54) is 11.3 Å². The summed E-state index contributed by atoms with van der Waals surface area (Å²) in [5.41, 5.74) is 1.91. The molecule has 0 unspecified atom stereocenters. The minimum atomic E-state index is 0.452. The van der Waals surface area contributed by atoms with E-state index in [1.54, 1.807) is 4.52 Å². The molecule has 0 saturated carbocycles. The first kappa shape index (κ1) is 13.6. The van der Waals surface area contributed by atoms with Crippen LogP contribution >= 0.6 is 11.3 Å². The van der Waals surface area contributed by atoms with Gasteiger partial charge in [0.15, 0.2) is 5.69 Å². The van der Waals surface area contributed by atoms with Gasteiger partial charge in [-0.2, -0.15) is 14.9 Å². The minimum absolute atomic E-state index is 0.452. The summed E-state index contributed by atoms with van der Waals surface area (Å²) < 4.78 is 7.26. The number of aryl methyl sites for hydroxylation is 1.